The normalized spacial score (nSPS) is 12.7. The number of benzene rings is 1. The number of furan rings is 1. The van der Waals surface area contributed by atoms with Gasteiger partial charge in [-0.3, -0.25) is 5.84 Å². The van der Waals surface area contributed by atoms with Crippen molar-refractivity contribution in [2.45, 2.75) is 6.04 Å². The number of hydrazine groups is 1. The fourth-order valence-electron chi connectivity index (χ4n) is 1.48. The number of nitrogens with one attached hydrogen (secondary N) is 1. The van der Waals surface area contributed by atoms with Gasteiger partial charge in [0, 0.05) is 5.02 Å². The lowest BCUT2D eigenvalue weighted by Crippen LogP contribution is -2.28. The summed E-state index contributed by atoms with van der Waals surface area (Å²) in [5.41, 5.74) is 3.63. The van der Waals surface area contributed by atoms with E-state index in [0.717, 1.165) is 5.56 Å². The quantitative estimate of drug-likeness (QED) is 0.656. The molecule has 0 saturated carbocycles. The first kappa shape index (κ1) is 11.5. The second kappa shape index (κ2) is 4.89. The van der Waals surface area contributed by atoms with E-state index in [1.54, 1.807) is 24.3 Å². The van der Waals surface area contributed by atoms with E-state index in [2.05, 4.69) is 5.43 Å². The lowest BCUT2D eigenvalue weighted by atomic mass is 10.1. The molecule has 0 aliphatic heterocycles. The van der Waals surface area contributed by atoms with Gasteiger partial charge in [-0.05, 0) is 41.4 Å². The average Bonchev–Trinajstić information content (AvgIpc) is 2.69. The highest BCUT2D eigenvalue weighted by Gasteiger charge is 2.15. The largest absolute Gasteiger partial charge is 0.448 e. The summed E-state index contributed by atoms with van der Waals surface area (Å²) < 4.78 is 5.31. The Morgan fingerprint density at radius 1 is 1.06 bits per heavy atom. The van der Waals surface area contributed by atoms with Gasteiger partial charge in [-0.1, -0.05) is 23.7 Å². The number of halogens is 2. The van der Waals surface area contributed by atoms with E-state index < -0.39 is 0 Å². The Kier molecular flexibility index (Phi) is 3.51. The van der Waals surface area contributed by atoms with Crippen LogP contribution in [0.1, 0.15) is 17.4 Å². The van der Waals surface area contributed by atoms with Crippen LogP contribution in [0.25, 0.3) is 0 Å². The summed E-state index contributed by atoms with van der Waals surface area (Å²) in [6.07, 6.45) is 0. The second-order valence-electron chi connectivity index (χ2n) is 3.29. The molecule has 1 aromatic carbocycles. The molecular formula is C11H10Cl2N2O. The van der Waals surface area contributed by atoms with Gasteiger partial charge < -0.3 is 4.42 Å². The van der Waals surface area contributed by atoms with Crippen molar-refractivity contribution in [1.82, 2.24) is 5.43 Å². The fraction of sp³-hybridized carbons (Fsp3) is 0.0909. The van der Waals surface area contributed by atoms with Gasteiger partial charge >= 0.3 is 0 Å². The zero-order chi connectivity index (χ0) is 11.5. The van der Waals surface area contributed by atoms with Crippen LogP contribution in [0, 0.1) is 0 Å². The third-order valence-corrected chi connectivity index (χ3v) is 2.70. The van der Waals surface area contributed by atoms with Crippen LogP contribution >= 0.6 is 23.2 Å². The van der Waals surface area contributed by atoms with E-state index >= 15 is 0 Å². The molecule has 0 spiro atoms. The SMILES string of the molecule is NNC(c1ccc(Cl)cc1)c1ccc(Cl)o1. The van der Waals surface area contributed by atoms with E-state index in [-0.39, 0.29) is 6.04 Å². The van der Waals surface area contributed by atoms with Gasteiger partial charge in [0.25, 0.3) is 0 Å². The predicted octanol–water partition coefficient (Wildman–Crippen LogP) is 3.14. The summed E-state index contributed by atoms with van der Waals surface area (Å²) in [6.45, 7) is 0. The predicted molar refractivity (Wildman–Crippen MR) is 64.3 cm³/mol. The van der Waals surface area contributed by atoms with Crippen LogP contribution in [0.5, 0.6) is 0 Å². The third-order valence-electron chi connectivity index (χ3n) is 2.25. The summed E-state index contributed by atoms with van der Waals surface area (Å²) in [7, 11) is 0. The summed E-state index contributed by atoms with van der Waals surface area (Å²) in [5.74, 6) is 6.16. The van der Waals surface area contributed by atoms with E-state index in [9.17, 15) is 0 Å². The highest BCUT2D eigenvalue weighted by molar-refractivity contribution is 6.30. The smallest absolute Gasteiger partial charge is 0.193 e. The first-order valence-electron chi connectivity index (χ1n) is 4.67. The lowest BCUT2D eigenvalue weighted by Gasteiger charge is -2.13. The topological polar surface area (TPSA) is 51.2 Å². The van der Waals surface area contributed by atoms with Crippen LogP contribution in [-0.4, -0.2) is 0 Å². The van der Waals surface area contributed by atoms with Crippen LogP contribution in [0.2, 0.25) is 10.2 Å². The van der Waals surface area contributed by atoms with Crippen molar-refractivity contribution < 1.29 is 4.42 Å². The number of hydrogen-bond donors (Lipinski definition) is 2. The van der Waals surface area contributed by atoms with Crippen molar-refractivity contribution >= 4 is 23.2 Å². The van der Waals surface area contributed by atoms with Gasteiger partial charge in [0.05, 0.1) is 0 Å². The molecule has 1 heterocycles. The van der Waals surface area contributed by atoms with Crippen LogP contribution in [0.3, 0.4) is 0 Å². The number of rotatable bonds is 3. The van der Waals surface area contributed by atoms with Crippen molar-refractivity contribution in [3.8, 4) is 0 Å². The molecule has 0 aliphatic carbocycles. The molecule has 0 amide bonds. The first-order valence-corrected chi connectivity index (χ1v) is 5.43. The van der Waals surface area contributed by atoms with Crippen molar-refractivity contribution in [2.75, 3.05) is 0 Å². The molecule has 16 heavy (non-hydrogen) atoms. The minimum atomic E-state index is -0.232. The number of hydrogen-bond acceptors (Lipinski definition) is 3. The standard InChI is InChI=1S/C11H10Cl2N2O/c12-8-3-1-7(2-4-8)11(15-14)9-5-6-10(13)16-9/h1-6,11,15H,14H2. The minimum Gasteiger partial charge on any atom is -0.448 e. The molecular weight excluding hydrogens is 247 g/mol. The van der Waals surface area contributed by atoms with E-state index in [4.69, 9.17) is 33.5 Å². The molecule has 1 atom stereocenters. The van der Waals surface area contributed by atoms with Crippen LogP contribution in [-0.2, 0) is 0 Å². The van der Waals surface area contributed by atoms with Crippen LogP contribution < -0.4 is 11.3 Å². The van der Waals surface area contributed by atoms with Crippen molar-refractivity contribution in [2.24, 2.45) is 5.84 Å². The second-order valence-corrected chi connectivity index (χ2v) is 4.10. The van der Waals surface area contributed by atoms with Crippen molar-refractivity contribution in [3.63, 3.8) is 0 Å². The Balaban J connectivity index is 2.32. The average molecular weight is 257 g/mol. The highest BCUT2D eigenvalue weighted by atomic mass is 35.5. The third kappa shape index (κ3) is 2.39. The van der Waals surface area contributed by atoms with Gasteiger partial charge in [0.1, 0.15) is 11.8 Å². The molecule has 2 aromatic rings. The van der Waals surface area contributed by atoms with Gasteiger partial charge in [-0.25, -0.2) is 5.43 Å². The molecule has 0 fully saturated rings. The molecule has 2 rings (SSSR count). The van der Waals surface area contributed by atoms with Crippen LogP contribution in [0.15, 0.2) is 40.8 Å². The molecule has 3 N–H and O–H groups in total. The lowest BCUT2D eigenvalue weighted by molar-refractivity contribution is 0.453. The zero-order valence-corrected chi connectivity index (χ0v) is 9.79. The van der Waals surface area contributed by atoms with Crippen molar-refractivity contribution in [1.29, 1.82) is 0 Å². The number of nitrogens with two attached hydrogens (primary N) is 1. The van der Waals surface area contributed by atoms with Gasteiger partial charge in [-0.15, -0.1) is 0 Å². The Morgan fingerprint density at radius 2 is 1.75 bits per heavy atom. The Labute approximate surface area is 103 Å². The summed E-state index contributed by atoms with van der Waals surface area (Å²) in [4.78, 5) is 0. The van der Waals surface area contributed by atoms with E-state index in [1.165, 1.54) is 0 Å². The van der Waals surface area contributed by atoms with Crippen molar-refractivity contribution in [3.05, 3.63) is 58.0 Å². The Morgan fingerprint density at radius 3 is 2.25 bits per heavy atom. The molecule has 84 valence electrons. The Hall–Kier alpha value is -1.00. The van der Waals surface area contributed by atoms with Gasteiger partial charge in [-0.2, -0.15) is 0 Å². The molecule has 0 radical (unpaired) electrons. The minimum absolute atomic E-state index is 0.232. The maximum Gasteiger partial charge on any atom is 0.193 e. The van der Waals surface area contributed by atoms with E-state index in [1.807, 2.05) is 12.1 Å². The summed E-state index contributed by atoms with van der Waals surface area (Å²) >= 11 is 11.5. The van der Waals surface area contributed by atoms with Crippen LogP contribution in [0.4, 0.5) is 0 Å². The maximum atomic E-state index is 5.81. The maximum absolute atomic E-state index is 5.81. The van der Waals surface area contributed by atoms with Gasteiger partial charge in [0.2, 0.25) is 0 Å². The zero-order valence-electron chi connectivity index (χ0n) is 8.28. The summed E-state index contributed by atoms with van der Waals surface area (Å²) in [5, 5.41) is 1.02. The summed E-state index contributed by atoms with van der Waals surface area (Å²) in [6, 6.07) is 10.6. The molecule has 1 aromatic heterocycles. The highest BCUT2D eigenvalue weighted by Crippen LogP contribution is 2.26. The monoisotopic (exact) mass is 256 g/mol. The molecule has 0 saturated heterocycles. The molecule has 0 bridgehead atoms. The Bertz CT molecular complexity index is 467. The van der Waals surface area contributed by atoms with E-state index in [0.29, 0.717) is 16.0 Å². The fourth-order valence-corrected chi connectivity index (χ4v) is 1.76. The first-order chi connectivity index (χ1) is 7.70. The molecule has 1 unspecified atom stereocenters. The molecule has 3 nitrogen and oxygen atoms in total. The van der Waals surface area contributed by atoms with Gasteiger partial charge in [0.15, 0.2) is 5.22 Å². The molecule has 0 aliphatic rings. The molecule has 5 heteroatoms.